The van der Waals surface area contributed by atoms with Gasteiger partial charge in [-0.25, -0.2) is 9.37 Å². The second-order valence-electron chi connectivity index (χ2n) is 1.53. The summed E-state index contributed by atoms with van der Waals surface area (Å²) in [4.78, 5) is 3.52. The van der Waals surface area contributed by atoms with Crippen LogP contribution in [-0.2, 0) is 0 Å². The van der Waals surface area contributed by atoms with Crippen LogP contribution in [0.5, 0.6) is 0 Å². The highest BCUT2D eigenvalue weighted by Gasteiger charge is 2.05. The maximum Gasteiger partial charge on any atom is 0.166 e. The van der Waals surface area contributed by atoms with Crippen molar-refractivity contribution >= 4 is 45.8 Å². The highest BCUT2D eigenvalue weighted by atomic mass is 127. The largest absolute Gasteiger partial charge is 0.220 e. The van der Waals surface area contributed by atoms with Crippen LogP contribution in [-0.4, -0.2) is 4.98 Å². The van der Waals surface area contributed by atoms with Crippen molar-refractivity contribution in [3.63, 3.8) is 0 Å². The lowest BCUT2D eigenvalue weighted by Crippen LogP contribution is -1.86. The molecule has 0 aliphatic rings. The fourth-order valence-electron chi connectivity index (χ4n) is 0.423. The summed E-state index contributed by atoms with van der Waals surface area (Å²) in [6, 6.07) is 1.23. The van der Waals surface area contributed by atoms with E-state index in [-0.39, 0.29) is 10.3 Å². The van der Waals surface area contributed by atoms with E-state index in [1.165, 1.54) is 6.07 Å². The molecule has 0 unspecified atom stereocenters. The van der Waals surface area contributed by atoms with E-state index in [1.807, 2.05) is 22.6 Å². The van der Waals surface area contributed by atoms with Gasteiger partial charge >= 0.3 is 0 Å². The molecule has 0 N–H and O–H groups in total. The third-order valence-electron chi connectivity index (χ3n) is 0.844. The lowest BCUT2D eigenvalue weighted by Gasteiger charge is -1.95. The minimum atomic E-state index is -0.546. The Kier molecular flexibility index (Phi) is 2.71. The summed E-state index contributed by atoms with van der Waals surface area (Å²) in [5.41, 5.74) is 0. The molecule has 0 amide bonds. The van der Waals surface area contributed by atoms with Crippen molar-refractivity contribution in [2.24, 2.45) is 0 Å². The van der Waals surface area contributed by atoms with Gasteiger partial charge in [-0.3, -0.25) is 0 Å². The molecule has 1 aromatic heterocycles. The molecule has 0 fully saturated rings. The van der Waals surface area contributed by atoms with Crippen molar-refractivity contribution in [2.75, 3.05) is 0 Å². The Labute approximate surface area is 80.7 Å². The summed E-state index contributed by atoms with van der Waals surface area (Å²) in [6.45, 7) is 0. The smallest absolute Gasteiger partial charge is 0.166 e. The van der Waals surface area contributed by atoms with Gasteiger partial charge in [0.2, 0.25) is 0 Å². The molecular weight excluding hydrogens is 291 g/mol. The van der Waals surface area contributed by atoms with Gasteiger partial charge in [0.15, 0.2) is 11.0 Å². The van der Waals surface area contributed by atoms with E-state index in [4.69, 9.17) is 23.2 Å². The molecule has 1 nitrogen and oxygen atoms in total. The second-order valence-corrected chi connectivity index (χ2v) is 3.41. The normalized spacial score (nSPS) is 10.0. The van der Waals surface area contributed by atoms with Crippen molar-refractivity contribution in [2.45, 2.75) is 0 Å². The molecule has 0 atom stereocenters. The van der Waals surface area contributed by atoms with Gasteiger partial charge in [0.25, 0.3) is 0 Å². The van der Waals surface area contributed by atoms with Gasteiger partial charge in [-0.15, -0.1) is 0 Å². The van der Waals surface area contributed by atoms with Crippen LogP contribution in [0.15, 0.2) is 6.07 Å². The van der Waals surface area contributed by atoms with Crippen molar-refractivity contribution in [3.05, 3.63) is 25.8 Å². The predicted molar refractivity (Wildman–Crippen MR) is 46.9 cm³/mol. The van der Waals surface area contributed by atoms with Gasteiger partial charge in [-0.05, 0) is 28.7 Å². The molecule has 1 aromatic rings. The molecule has 5 heteroatoms. The molecule has 1 rings (SSSR count). The number of hydrogen-bond acceptors (Lipinski definition) is 1. The summed E-state index contributed by atoms with van der Waals surface area (Å²) >= 11 is 12.7. The molecule has 0 saturated carbocycles. The number of nitrogens with zero attached hydrogens (tertiary/aromatic N) is 1. The molecule has 0 spiro atoms. The molecule has 10 heavy (non-hydrogen) atoms. The summed E-state index contributed by atoms with van der Waals surface area (Å²) in [7, 11) is 0. The van der Waals surface area contributed by atoms with E-state index in [0.717, 1.165) is 0 Å². The van der Waals surface area contributed by atoms with Gasteiger partial charge in [0, 0.05) is 0 Å². The zero-order chi connectivity index (χ0) is 7.72. The first-order valence-corrected chi connectivity index (χ1v) is 4.12. The van der Waals surface area contributed by atoms with Crippen LogP contribution in [0.2, 0.25) is 10.3 Å². The summed E-state index contributed by atoms with van der Waals surface area (Å²) in [5.74, 6) is -0.546. The van der Waals surface area contributed by atoms with Crippen molar-refractivity contribution in [1.29, 1.82) is 0 Å². The van der Waals surface area contributed by atoms with Gasteiger partial charge in [-0.2, -0.15) is 0 Å². The Bertz CT molecular complexity index is 216. The van der Waals surface area contributed by atoms with Crippen LogP contribution in [0.4, 0.5) is 4.39 Å². The summed E-state index contributed by atoms with van der Waals surface area (Å²) < 4.78 is 13.1. The molecule has 0 bridgehead atoms. The Morgan fingerprint density at radius 2 is 2.00 bits per heavy atom. The summed E-state index contributed by atoms with van der Waals surface area (Å²) in [6.07, 6.45) is 0. The first-order chi connectivity index (χ1) is 4.61. The third kappa shape index (κ3) is 1.71. The van der Waals surface area contributed by atoms with Gasteiger partial charge < -0.3 is 0 Å². The van der Waals surface area contributed by atoms with E-state index in [2.05, 4.69) is 4.98 Å². The topological polar surface area (TPSA) is 12.9 Å². The van der Waals surface area contributed by atoms with Crippen molar-refractivity contribution in [3.8, 4) is 0 Å². The molecular formula is C5HCl2FIN. The van der Waals surface area contributed by atoms with E-state index in [1.54, 1.807) is 0 Å². The molecule has 0 radical (unpaired) electrons. The number of hydrogen-bond donors (Lipinski definition) is 0. The SMILES string of the molecule is Fc1cc(I)c(Cl)nc1Cl. The fraction of sp³-hybridized carbons (Fsp3) is 0. The Morgan fingerprint density at radius 1 is 1.40 bits per heavy atom. The summed E-state index contributed by atoms with van der Waals surface area (Å²) in [5, 5.41) is 0.0393. The fourth-order valence-corrected chi connectivity index (χ4v) is 1.14. The van der Waals surface area contributed by atoms with E-state index < -0.39 is 5.82 Å². The number of pyridine rings is 1. The minimum Gasteiger partial charge on any atom is -0.220 e. The first kappa shape index (κ1) is 8.49. The van der Waals surface area contributed by atoms with Crippen LogP contribution in [0, 0.1) is 9.39 Å². The number of rotatable bonds is 0. The van der Waals surface area contributed by atoms with Crippen molar-refractivity contribution < 1.29 is 4.39 Å². The molecule has 0 aliphatic carbocycles. The molecule has 0 aromatic carbocycles. The first-order valence-electron chi connectivity index (χ1n) is 2.28. The average molecular weight is 292 g/mol. The van der Waals surface area contributed by atoms with Crippen LogP contribution in [0.1, 0.15) is 0 Å². The van der Waals surface area contributed by atoms with Crippen molar-refractivity contribution in [1.82, 2.24) is 4.98 Å². The van der Waals surface area contributed by atoms with Crippen LogP contribution < -0.4 is 0 Å². The Morgan fingerprint density at radius 3 is 2.50 bits per heavy atom. The quantitative estimate of drug-likeness (QED) is 0.529. The van der Waals surface area contributed by atoms with E-state index in [9.17, 15) is 4.39 Å². The maximum absolute atomic E-state index is 12.5. The highest BCUT2D eigenvalue weighted by Crippen LogP contribution is 2.21. The number of halogens is 4. The highest BCUT2D eigenvalue weighted by molar-refractivity contribution is 14.1. The lowest BCUT2D eigenvalue weighted by atomic mass is 10.5. The molecule has 0 saturated heterocycles. The lowest BCUT2D eigenvalue weighted by molar-refractivity contribution is 0.621. The standard InChI is InChI=1S/C5HCl2FIN/c6-4-2(8)1-3(9)5(7)10-4/h1H. The van der Waals surface area contributed by atoms with Crippen LogP contribution in [0.25, 0.3) is 0 Å². The second kappa shape index (κ2) is 3.19. The van der Waals surface area contributed by atoms with Gasteiger partial charge in [0.1, 0.15) is 5.15 Å². The van der Waals surface area contributed by atoms with E-state index >= 15 is 0 Å². The monoisotopic (exact) mass is 291 g/mol. The van der Waals surface area contributed by atoms with Crippen LogP contribution >= 0.6 is 45.8 Å². The van der Waals surface area contributed by atoms with E-state index in [0.29, 0.717) is 3.57 Å². The molecule has 54 valence electrons. The molecule has 1 heterocycles. The maximum atomic E-state index is 12.5. The molecule has 0 aliphatic heterocycles. The predicted octanol–water partition coefficient (Wildman–Crippen LogP) is 3.13. The van der Waals surface area contributed by atoms with Gasteiger partial charge in [0.05, 0.1) is 3.57 Å². The third-order valence-corrected chi connectivity index (χ3v) is 2.54. The zero-order valence-corrected chi connectivity index (χ0v) is 8.21. The Hall–Kier alpha value is 0.390. The average Bonchev–Trinajstić information content (AvgIpc) is 1.84. The van der Waals surface area contributed by atoms with Gasteiger partial charge in [-0.1, -0.05) is 23.2 Å². The number of aromatic nitrogens is 1. The van der Waals surface area contributed by atoms with Crippen LogP contribution in [0.3, 0.4) is 0 Å². The minimum absolute atomic E-state index is 0.189. The Balaban J connectivity index is 3.28. The zero-order valence-electron chi connectivity index (χ0n) is 4.54.